The molecule has 0 bridgehead atoms. The number of fused-ring (bicyclic) bond motifs is 1. The van der Waals surface area contributed by atoms with Crippen molar-refractivity contribution in [2.24, 2.45) is 5.73 Å². The van der Waals surface area contributed by atoms with Crippen molar-refractivity contribution in [2.75, 3.05) is 18.5 Å². The molecule has 0 spiro atoms. The van der Waals surface area contributed by atoms with Crippen molar-refractivity contribution in [1.29, 1.82) is 0 Å². The van der Waals surface area contributed by atoms with Gasteiger partial charge >= 0.3 is 0 Å². The van der Waals surface area contributed by atoms with Gasteiger partial charge in [-0.05, 0) is 31.4 Å². The number of benzene rings is 1. The maximum atomic E-state index is 5.74. The first-order valence-corrected chi connectivity index (χ1v) is 6.69. The fraction of sp³-hybridized carbons (Fsp3) is 0.500. The molecule has 1 saturated carbocycles. The molecular formula is C14H20N4. The average molecular weight is 244 g/mol. The van der Waals surface area contributed by atoms with Crippen LogP contribution in [0.5, 0.6) is 0 Å². The van der Waals surface area contributed by atoms with Crippen LogP contribution in [0.25, 0.3) is 11.0 Å². The summed E-state index contributed by atoms with van der Waals surface area (Å²) in [7, 11) is 2.15. The van der Waals surface area contributed by atoms with Crippen LogP contribution in [-0.4, -0.2) is 29.2 Å². The molecule has 18 heavy (non-hydrogen) atoms. The second kappa shape index (κ2) is 4.61. The predicted octanol–water partition coefficient (Wildman–Crippen LogP) is 1.98. The molecule has 96 valence electrons. The topological polar surface area (TPSA) is 47.1 Å². The van der Waals surface area contributed by atoms with E-state index in [0.29, 0.717) is 12.6 Å². The Morgan fingerprint density at radius 3 is 2.83 bits per heavy atom. The molecule has 0 amide bonds. The zero-order chi connectivity index (χ0) is 12.5. The molecule has 3 rings (SSSR count). The molecule has 0 radical (unpaired) electrons. The van der Waals surface area contributed by atoms with Gasteiger partial charge in [0, 0.05) is 26.2 Å². The van der Waals surface area contributed by atoms with Crippen molar-refractivity contribution in [3.63, 3.8) is 0 Å². The first-order chi connectivity index (χ1) is 8.81. The Balaban J connectivity index is 2.05. The molecule has 0 atom stereocenters. The van der Waals surface area contributed by atoms with E-state index in [1.165, 1.54) is 24.8 Å². The Bertz CT molecular complexity index is 542. The minimum Gasteiger partial charge on any atom is -0.342 e. The summed E-state index contributed by atoms with van der Waals surface area (Å²) in [6, 6.07) is 8.94. The highest BCUT2D eigenvalue weighted by Gasteiger charge is 2.25. The molecule has 1 aromatic carbocycles. The Morgan fingerprint density at radius 2 is 2.17 bits per heavy atom. The summed E-state index contributed by atoms with van der Waals surface area (Å²) in [6.45, 7) is 1.47. The van der Waals surface area contributed by atoms with Gasteiger partial charge < -0.3 is 15.2 Å². The monoisotopic (exact) mass is 244 g/mol. The molecule has 0 saturated heterocycles. The Morgan fingerprint density at radius 1 is 1.39 bits per heavy atom. The minimum absolute atomic E-state index is 0.645. The molecule has 1 aromatic heterocycles. The fourth-order valence-corrected chi connectivity index (χ4v) is 2.62. The SMILES string of the molecule is CN(c1nc2ccccc2n1CCN)C1CCC1. The second-order valence-corrected chi connectivity index (χ2v) is 5.04. The van der Waals surface area contributed by atoms with Crippen LogP contribution in [-0.2, 0) is 6.54 Å². The normalized spacial score (nSPS) is 15.9. The van der Waals surface area contributed by atoms with Gasteiger partial charge in [0.05, 0.1) is 11.0 Å². The molecule has 2 N–H and O–H groups in total. The molecule has 1 heterocycles. The Hall–Kier alpha value is -1.55. The van der Waals surface area contributed by atoms with E-state index in [1.54, 1.807) is 0 Å². The summed E-state index contributed by atoms with van der Waals surface area (Å²) in [6.07, 6.45) is 3.90. The second-order valence-electron chi connectivity index (χ2n) is 5.04. The summed E-state index contributed by atoms with van der Waals surface area (Å²) in [5.41, 5.74) is 7.98. The molecule has 4 nitrogen and oxygen atoms in total. The largest absolute Gasteiger partial charge is 0.342 e. The predicted molar refractivity (Wildman–Crippen MR) is 74.8 cm³/mol. The molecule has 4 heteroatoms. The van der Waals surface area contributed by atoms with Crippen molar-refractivity contribution in [2.45, 2.75) is 31.8 Å². The van der Waals surface area contributed by atoms with Crippen LogP contribution >= 0.6 is 0 Å². The van der Waals surface area contributed by atoms with Gasteiger partial charge in [-0.2, -0.15) is 0 Å². The molecule has 2 aromatic rings. The quantitative estimate of drug-likeness (QED) is 0.894. The summed E-state index contributed by atoms with van der Waals surface area (Å²) in [5, 5.41) is 0. The van der Waals surface area contributed by atoms with Crippen LogP contribution in [0.1, 0.15) is 19.3 Å². The van der Waals surface area contributed by atoms with Crippen LogP contribution in [0.4, 0.5) is 5.95 Å². The minimum atomic E-state index is 0.645. The number of nitrogens with zero attached hydrogens (tertiary/aromatic N) is 3. The zero-order valence-electron chi connectivity index (χ0n) is 10.8. The number of para-hydroxylation sites is 2. The maximum Gasteiger partial charge on any atom is 0.206 e. The van der Waals surface area contributed by atoms with Crippen molar-refractivity contribution in [1.82, 2.24) is 9.55 Å². The number of anilines is 1. The van der Waals surface area contributed by atoms with E-state index in [-0.39, 0.29) is 0 Å². The van der Waals surface area contributed by atoms with Gasteiger partial charge in [-0.3, -0.25) is 0 Å². The lowest BCUT2D eigenvalue weighted by Gasteiger charge is -2.35. The summed E-state index contributed by atoms with van der Waals surface area (Å²) >= 11 is 0. The third-order valence-electron chi connectivity index (χ3n) is 3.92. The van der Waals surface area contributed by atoms with E-state index in [2.05, 4.69) is 34.7 Å². The standard InChI is InChI=1S/C14H20N4/c1-17(11-5-4-6-11)14-16-12-7-2-3-8-13(12)18(14)10-9-15/h2-3,7-8,11H,4-6,9-10,15H2,1H3. The molecular weight excluding hydrogens is 224 g/mol. The lowest BCUT2D eigenvalue weighted by atomic mass is 9.92. The van der Waals surface area contributed by atoms with Crippen molar-refractivity contribution in [3.8, 4) is 0 Å². The Labute approximate surface area is 107 Å². The zero-order valence-corrected chi connectivity index (χ0v) is 10.8. The fourth-order valence-electron chi connectivity index (χ4n) is 2.62. The van der Waals surface area contributed by atoms with Crippen LogP contribution in [0, 0.1) is 0 Å². The van der Waals surface area contributed by atoms with E-state index < -0.39 is 0 Å². The van der Waals surface area contributed by atoms with Crippen LogP contribution in [0.3, 0.4) is 0 Å². The summed E-state index contributed by atoms with van der Waals surface area (Å²) < 4.78 is 2.24. The number of nitrogens with two attached hydrogens (primary N) is 1. The lowest BCUT2D eigenvalue weighted by molar-refractivity contribution is 0.394. The van der Waals surface area contributed by atoms with Gasteiger partial charge in [0.1, 0.15) is 0 Å². The van der Waals surface area contributed by atoms with E-state index >= 15 is 0 Å². The van der Waals surface area contributed by atoms with E-state index in [9.17, 15) is 0 Å². The Kier molecular flexibility index (Phi) is 2.96. The highest BCUT2D eigenvalue weighted by atomic mass is 15.3. The third kappa shape index (κ3) is 1.77. The third-order valence-corrected chi connectivity index (χ3v) is 3.92. The summed E-state index contributed by atoms with van der Waals surface area (Å²) in [5.74, 6) is 1.06. The first kappa shape index (κ1) is 11.5. The van der Waals surface area contributed by atoms with Crippen LogP contribution in [0.15, 0.2) is 24.3 Å². The number of rotatable bonds is 4. The van der Waals surface area contributed by atoms with Crippen molar-refractivity contribution in [3.05, 3.63) is 24.3 Å². The van der Waals surface area contributed by atoms with Gasteiger partial charge in [-0.25, -0.2) is 4.98 Å². The van der Waals surface area contributed by atoms with Gasteiger partial charge in [-0.15, -0.1) is 0 Å². The molecule has 1 aliphatic rings. The smallest absolute Gasteiger partial charge is 0.206 e. The van der Waals surface area contributed by atoms with Gasteiger partial charge in [0.15, 0.2) is 0 Å². The number of hydrogen-bond donors (Lipinski definition) is 1. The number of hydrogen-bond acceptors (Lipinski definition) is 3. The van der Waals surface area contributed by atoms with Crippen molar-refractivity contribution >= 4 is 17.0 Å². The lowest BCUT2D eigenvalue weighted by Crippen LogP contribution is -2.39. The maximum absolute atomic E-state index is 5.74. The van der Waals surface area contributed by atoms with E-state index in [1.807, 2.05) is 6.07 Å². The van der Waals surface area contributed by atoms with Gasteiger partial charge in [0.2, 0.25) is 5.95 Å². The molecule has 1 fully saturated rings. The van der Waals surface area contributed by atoms with Gasteiger partial charge in [-0.1, -0.05) is 12.1 Å². The van der Waals surface area contributed by atoms with Crippen LogP contribution in [0.2, 0.25) is 0 Å². The van der Waals surface area contributed by atoms with Crippen molar-refractivity contribution < 1.29 is 0 Å². The number of aromatic nitrogens is 2. The highest BCUT2D eigenvalue weighted by molar-refractivity contribution is 5.78. The number of imidazole rings is 1. The summed E-state index contributed by atoms with van der Waals surface area (Å²) in [4.78, 5) is 7.09. The highest BCUT2D eigenvalue weighted by Crippen LogP contribution is 2.29. The van der Waals surface area contributed by atoms with Crippen LogP contribution < -0.4 is 10.6 Å². The first-order valence-electron chi connectivity index (χ1n) is 6.69. The van der Waals surface area contributed by atoms with Gasteiger partial charge in [0.25, 0.3) is 0 Å². The van der Waals surface area contributed by atoms with E-state index in [0.717, 1.165) is 18.0 Å². The molecule has 0 aliphatic heterocycles. The molecule has 0 unspecified atom stereocenters. The van der Waals surface area contributed by atoms with E-state index in [4.69, 9.17) is 10.7 Å². The molecule has 1 aliphatic carbocycles. The average Bonchev–Trinajstić information content (AvgIpc) is 2.67.